The average Bonchev–Trinajstić information content (AvgIpc) is 2.78. The van der Waals surface area contributed by atoms with Gasteiger partial charge in [-0.2, -0.15) is 0 Å². The topological polar surface area (TPSA) is 95.5 Å². The summed E-state index contributed by atoms with van der Waals surface area (Å²) in [5.74, 6) is -2.04. The number of carbonyl (C=O) groups is 3. The van der Waals surface area contributed by atoms with Gasteiger partial charge in [-0.1, -0.05) is 6.07 Å². The van der Waals surface area contributed by atoms with Crippen LogP contribution in [0.1, 0.15) is 23.5 Å². The molecule has 3 N–H and O–H groups in total. The first-order valence-corrected chi connectivity index (χ1v) is 6.07. The van der Waals surface area contributed by atoms with Gasteiger partial charge in [0.05, 0.1) is 11.4 Å². The second-order valence-electron chi connectivity index (χ2n) is 4.14. The van der Waals surface area contributed by atoms with Gasteiger partial charge in [0, 0.05) is 0 Å². The van der Waals surface area contributed by atoms with E-state index in [9.17, 15) is 14.4 Å². The maximum atomic E-state index is 11.5. The van der Waals surface area contributed by atoms with Crippen LogP contribution in [0.4, 0.5) is 0 Å². The molecule has 1 aromatic heterocycles. The third-order valence-electron chi connectivity index (χ3n) is 2.14. The van der Waals surface area contributed by atoms with E-state index in [-0.39, 0.29) is 12.5 Å². The minimum Gasteiger partial charge on any atom is -0.480 e. The number of nitrogens with one attached hydrogen (secondary N) is 2. The van der Waals surface area contributed by atoms with Gasteiger partial charge in [-0.15, -0.1) is 11.3 Å². The third kappa shape index (κ3) is 3.85. The molecule has 0 unspecified atom stereocenters. The van der Waals surface area contributed by atoms with Crippen LogP contribution in [0.2, 0.25) is 0 Å². The fourth-order valence-electron chi connectivity index (χ4n) is 1.10. The van der Waals surface area contributed by atoms with E-state index >= 15 is 0 Å². The van der Waals surface area contributed by atoms with Crippen LogP contribution >= 0.6 is 11.3 Å². The highest BCUT2D eigenvalue weighted by molar-refractivity contribution is 7.12. The van der Waals surface area contributed by atoms with Crippen molar-refractivity contribution < 1.29 is 19.5 Å². The van der Waals surface area contributed by atoms with Crippen LogP contribution in [0.5, 0.6) is 0 Å². The molecule has 0 aliphatic heterocycles. The average molecular weight is 270 g/mol. The Hall–Kier alpha value is -1.89. The van der Waals surface area contributed by atoms with Gasteiger partial charge in [-0.25, -0.2) is 4.79 Å². The van der Waals surface area contributed by atoms with Crippen molar-refractivity contribution in [2.75, 3.05) is 6.54 Å². The van der Waals surface area contributed by atoms with Gasteiger partial charge >= 0.3 is 5.97 Å². The van der Waals surface area contributed by atoms with Gasteiger partial charge in [0.15, 0.2) is 0 Å². The molecular formula is C11H14N2O4S. The Kier molecular flexibility index (Phi) is 4.43. The molecule has 0 aliphatic carbocycles. The first-order valence-electron chi connectivity index (χ1n) is 5.19. The fourth-order valence-corrected chi connectivity index (χ4v) is 1.74. The molecule has 0 aliphatic rings. The van der Waals surface area contributed by atoms with E-state index in [2.05, 4.69) is 10.6 Å². The van der Waals surface area contributed by atoms with Crippen LogP contribution in [-0.4, -0.2) is 35.0 Å². The summed E-state index contributed by atoms with van der Waals surface area (Å²) in [4.78, 5) is 34.2. The molecule has 2 amide bonds. The zero-order chi connectivity index (χ0) is 13.8. The van der Waals surface area contributed by atoms with Gasteiger partial charge in [-0.05, 0) is 25.3 Å². The lowest BCUT2D eigenvalue weighted by Gasteiger charge is -2.20. The minimum atomic E-state index is -1.36. The molecule has 0 saturated heterocycles. The molecule has 0 fully saturated rings. The van der Waals surface area contributed by atoms with E-state index in [0.29, 0.717) is 4.88 Å². The van der Waals surface area contributed by atoms with Crippen LogP contribution < -0.4 is 10.6 Å². The SMILES string of the molecule is CC(C)(NC(=O)CNC(=O)c1cccs1)C(=O)O. The highest BCUT2D eigenvalue weighted by Gasteiger charge is 2.28. The summed E-state index contributed by atoms with van der Waals surface area (Å²) in [6, 6.07) is 3.37. The predicted molar refractivity (Wildman–Crippen MR) is 66.5 cm³/mol. The molecule has 6 nitrogen and oxygen atoms in total. The standard InChI is InChI=1S/C11H14N2O4S/c1-11(2,10(16)17)13-8(14)6-12-9(15)7-4-3-5-18-7/h3-5H,6H2,1-2H3,(H,12,15)(H,13,14)(H,16,17). The summed E-state index contributed by atoms with van der Waals surface area (Å²) in [5.41, 5.74) is -1.36. The van der Waals surface area contributed by atoms with Crippen molar-refractivity contribution in [1.82, 2.24) is 10.6 Å². The van der Waals surface area contributed by atoms with Gasteiger partial charge in [0.1, 0.15) is 5.54 Å². The zero-order valence-corrected chi connectivity index (χ0v) is 10.8. The van der Waals surface area contributed by atoms with Crippen molar-refractivity contribution in [3.05, 3.63) is 22.4 Å². The number of amides is 2. The van der Waals surface area contributed by atoms with Crippen LogP contribution in [0.15, 0.2) is 17.5 Å². The Morgan fingerprint density at radius 3 is 2.56 bits per heavy atom. The molecule has 0 atom stereocenters. The van der Waals surface area contributed by atoms with Crippen LogP contribution in [0, 0.1) is 0 Å². The molecule has 7 heteroatoms. The van der Waals surface area contributed by atoms with Crippen LogP contribution in [0.25, 0.3) is 0 Å². The molecule has 1 heterocycles. The van der Waals surface area contributed by atoms with E-state index in [1.807, 2.05) is 0 Å². The van der Waals surface area contributed by atoms with Crippen molar-refractivity contribution in [3.8, 4) is 0 Å². The number of carboxylic acids is 1. The van der Waals surface area contributed by atoms with E-state index in [0.717, 1.165) is 0 Å². The molecule has 18 heavy (non-hydrogen) atoms. The Bertz CT molecular complexity index is 454. The number of hydrogen-bond acceptors (Lipinski definition) is 4. The molecule has 1 rings (SSSR count). The lowest BCUT2D eigenvalue weighted by Crippen LogP contribution is -2.52. The summed E-state index contributed by atoms with van der Waals surface area (Å²) in [6.07, 6.45) is 0. The van der Waals surface area contributed by atoms with Crippen molar-refractivity contribution in [1.29, 1.82) is 0 Å². The second-order valence-corrected chi connectivity index (χ2v) is 5.09. The highest BCUT2D eigenvalue weighted by Crippen LogP contribution is 2.07. The number of aliphatic carboxylic acids is 1. The summed E-state index contributed by atoms with van der Waals surface area (Å²) in [5, 5.41) is 15.3. The number of rotatable bonds is 5. The van der Waals surface area contributed by atoms with Gasteiger partial charge in [0.25, 0.3) is 5.91 Å². The number of carboxylic acid groups (broad SMARTS) is 1. The highest BCUT2D eigenvalue weighted by atomic mass is 32.1. The molecule has 0 bridgehead atoms. The maximum Gasteiger partial charge on any atom is 0.328 e. The predicted octanol–water partition coefficient (Wildman–Crippen LogP) is 0.457. The maximum absolute atomic E-state index is 11.5. The van der Waals surface area contributed by atoms with Crippen molar-refractivity contribution in [2.24, 2.45) is 0 Å². The van der Waals surface area contributed by atoms with Gasteiger partial charge in [-0.3, -0.25) is 9.59 Å². The number of carbonyl (C=O) groups excluding carboxylic acids is 2. The zero-order valence-electron chi connectivity index (χ0n) is 10.0. The Labute approximate surface area is 108 Å². The van der Waals surface area contributed by atoms with Crippen molar-refractivity contribution in [2.45, 2.75) is 19.4 Å². The normalized spacial score (nSPS) is 10.8. The van der Waals surface area contributed by atoms with E-state index < -0.39 is 17.4 Å². The Morgan fingerprint density at radius 2 is 2.06 bits per heavy atom. The monoisotopic (exact) mass is 270 g/mol. The largest absolute Gasteiger partial charge is 0.480 e. The molecule has 0 spiro atoms. The second kappa shape index (κ2) is 5.63. The Balaban J connectivity index is 2.43. The minimum absolute atomic E-state index is 0.257. The first-order chi connectivity index (χ1) is 8.33. The van der Waals surface area contributed by atoms with E-state index in [1.165, 1.54) is 25.2 Å². The lowest BCUT2D eigenvalue weighted by molar-refractivity contribution is -0.145. The van der Waals surface area contributed by atoms with Crippen molar-refractivity contribution in [3.63, 3.8) is 0 Å². The Morgan fingerprint density at radius 1 is 1.39 bits per heavy atom. The first kappa shape index (κ1) is 14.2. The fraction of sp³-hybridized carbons (Fsp3) is 0.364. The number of hydrogen-bond donors (Lipinski definition) is 3. The van der Waals surface area contributed by atoms with E-state index in [4.69, 9.17) is 5.11 Å². The summed E-state index contributed by atoms with van der Waals surface area (Å²) < 4.78 is 0. The summed E-state index contributed by atoms with van der Waals surface area (Å²) in [7, 11) is 0. The van der Waals surface area contributed by atoms with E-state index in [1.54, 1.807) is 17.5 Å². The summed E-state index contributed by atoms with van der Waals surface area (Å²) in [6.45, 7) is 2.48. The lowest BCUT2D eigenvalue weighted by atomic mass is 10.1. The van der Waals surface area contributed by atoms with Gasteiger partial charge in [0.2, 0.25) is 5.91 Å². The van der Waals surface area contributed by atoms with Crippen LogP contribution in [-0.2, 0) is 9.59 Å². The van der Waals surface area contributed by atoms with Crippen LogP contribution in [0.3, 0.4) is 0 Å². The molecule has 0 aromatic carbocycles. The summed E-state index contributed by atoms with van der Waals surface area (Å²) >= 11 is 1.26. The molecular weight excluding hydrogens is 256 g/mol. The third-order valence-corrected chi connectivity index (χ3v) is 3.01. The quantitative estimate of drug-likeness (QED) is 0.724. The molecule has 0 radical (unpaired) electrons. The van der Waals surface area contributed by atoms with Crippen molar-refractivity contribution >= 4 is 29.1 Å². The van der Waals surface area contributed by atoms with Gasteiger partial charge < -0.3 is 15.7 Å². The smallest absolute Gasteiger partial charge is 0.328 e. The number of thiophene rings is 1. The molecule has 98 valence electrons. The molecule has 1 aromatic rings. The molecule has 0 saturated carbocycles.